The molecule has 1 rings (SSSR count). The molecule has 1 fully saturated rings. The van der Waals surface area contributed by atoms with E-state index in [4.69, 9.17) is 39.6 Å². The Kier molecular flexibility index (Phi) is 36.0. The highest BCUT2D eigenvalue weighted by Crippen LogP contribution is 1.73. The van der Waals surface area contributed by atoms with E-state index >= 15 is 0 Å². The molecule has 0 aromatic carbocycles. The molecular weight excluding hydrogens is 388 g/mol. The standard InChI is InChI=1S/C9H22N4.4C2H4O2/c1-2-10-4-6-12-8-9-13-7-5-11-3-1;4*1-2(3)4/h10-13H,1-9H2;4*1H3,(H,3,4). The lowest BCUT2D eigenvalue weighted by Crippen LogP contribution is -2.34. The van der Waals surface area contributed by atoms with Gasteiger partial charge in [0.25, 0.3) is 23.9 Å². The van der Waals surface area contributed by atoms with Crippen LogP contribution in [0.25, 0.3) is 0 Å². The van der Waals surface area contributed by atoms with Crippen molar-refractivity contribution in [3.63, 3.8) is 0 Å². The molecule has 0 aromatic heterocycles. The lowest BCUT2D eigenvalue weighted by atomic mass is 10.4. The summed E-state index contributed by atoms with van der Waals surface area (Å²) in [5.74, 6) is -3.33. The molecule has 0 radical (unpaired) electrons. The highest BCUT2D eigenvalue weighted by atomic mass is 16.4. The molecule has 0 aromatic rings. The van der Waals surface area contributed by atoms with Crippen LogP contribution in [0.3, 0.4) is 0 Å². The topological polar surface area (TPSA) is 197 Å². The molecule has 0 aliphatic carbocycles. The average molecular weight is 427 g/mol. The quantitative estimate of drug-likeness (QED) is 0.238. The first kappa shape index (κ1) is 34.2. The highest BCUT2D eigenvalue weighted by Gasteiger charge is 1.92. The van der Waals surface area contributed by atoms with E-state index in [9.17, 15) is 0 Å². The second-order valence-corrected chi connectivity index (χ2v) is 5.43. The van der Waals surface area contributed by atoms with Crippen LogP contribution in [-0.2, 0) is 19.2 Å². The summed E-state index contributed by atoms with van der Waals surface area (Å²) in [5, 5.41) is 43.2. The van der Waals surface area contributed by atoms with E-state index in [0.717, 1.165) is 80.1 Å². The maximum Gasteiger partial charge on any atom is 0.300 e. The summed E-state index contributed by atoms with van der Waals surface area (Å²) in [7, 11) is 0. The van der Waals surface area contributed by atoms with Gasteiger partial charge in [-0.25, -0.2) is 0 Å². The van der Waals surface area contributed by atoms with E-state index in [0.29, 0.717) is 0 Å². The van der Waals surface area contributed by atoms with E-state index < -0.39 is 23.9 Å². The van der Waals surface area contributed by atoms with Crippen molar-refractivity contribution >= 4 is 23.9 Å². The van der Waals surface area contributed by atoms with Gasteiger partial charge in [-0.3, -0.25) is 19.2 Å². The number of hydrogen-bond donors (Lipinski definition) is 8. The van der Waals surface area contributed by atoms with Crippen molar-refractivity contribution in [3.8, 4) is 0 Å². The number of carbonyl (C=O) groups is 4. The van der Waals surface area contributed by atoms with Crippen LogP contribution in [0.1, 0.15) is 34.1 Å². The Morgan fingerprint density at radius 3 is 0.759 bits per heavy atom. The largest absolute Gasteiger partial charge is 0.481 e. The van der Waals surface area contributed by atoms with Crippen LogP contribution < -0.4 is 21.3 Å². The lowest BCUT2D eigenvalue weighted by molar-refractivity contribution is -0.135. The number of nitrogens with one attached hydrogen (secondary N) is 4. The van der Waals surface area contributed by atoms with Crippen molar-refractivity contribution in [2.45, 2.75) is 34.1 Å². The third-order valence-electron chi connectivity index (χ3n) is 2.14. The Morgan fingerprint density at radius 2 is 0.586 bits per heavy atom. The van der Waals surface area contributed by atoms with Crippen LogP contribution >= 0.6 is 0 Å². The molecule has 0 atom stereocenters. The Bertz CT molecular complexity index is 297. The molecule has 1 aliphatic heterocycles. The van der Waals surface area contributed by atoms with Gasteiger partial charge >= 0.3 is 0 Å². The Morgan fingerprint density at radius 1 is 0.448 bits per heavy atom. The molecule has 29 heavy (non-hydrogen) atoms. The van der Waals surface area contributed by atoms with Crippen molar-refractivity contribution in [1.29, 1.82) is 0 Å². The zero-order chi connectivity index (χ0) is 23.5. The first-order valence-corrected chi connectivity index (χ1v) is 9.04. The lowest BCUT2D eigenvalue weighted by Gasteiger charge is -2.05. The molecule has 12 heteroatoms. The Balaban J connectivity index is -0.000000162. The minimum atomic E-state index is -0.833. The molecule has 174 valence electrons. The van der Waals surface area contributed by atoms with Crippen LogP contribution in [-0.4, -0.2) is 96.7 Å². The number of carboxylic acid groups (broad SMARTS) is 4. The predicted molar refractivity (Wildman–Crippen MR) is 109 cm³/mol. The second kappa shape index (κ2) is 30.4. The van der Waals surface area contributed by atoms with Gasteiger partial charge in [0.05, 0.1) is 0 Å². The van der Waals surface area contributed by atoms with E-state index in [1.54, 1.807) is 0 Å². The summed E-state index contributed by atoms with van der Waals surface area (Å²) in [6, 6.07) is 0. The second-order valence-electron chi connectivity index (χ2n) is 5.43. The molecule has 0 bridgehead atoms. The third kappa shape index (κ3) is 126. The fourth-order valence-corrected chi connectivity index (χ4v) is 1.37. The van der Waals surface area contributed by atoms with Gasteiger partial charge in [0, 0.05) is 67.0 Å². The molecular formula is C17H38N4O8. The number of rotatable bonds is 0. The summed E-state index contributed by atoms with van der Waals surface area (Å²) in [6.07, 6.45) is 1.22. The zero-order valence-electron chi connectivity index (χ0n) is 17.8. The van der Waals surface area contributed by atoms with Crippen molar-refractivity contribution in [2.24, 2.45) is 0 Å². The average Bonchev–Trinajstić information content (AvgIpc) is 2.54. The van der Waals surface area contributed by atoms with Gasteiger partial charge < -0.3 is 41.7 Å². The zero-order valence-corrected chi connectivity index (χ0v) is 17.8. The molecule has 0 amide bonds. The maximum atomic E-state index is 9.00. The molecule has 0 spiro atoms. The summed E-state index contributed by atoms with van der Waals surface area (Å²) in [6.45, 7) is 13.1. The van der Waals surface area contributed by atoms with E-state index in [2.05, 4.69) is 21.3 Å². The third-order valence-corrected chi connectivity index (χ3v) is 2.14. The first-order valence-electron chi connectivity index (χ1n) is 9.04. The van der Waals surface area contributed by atoms with Crippen molar-refractivity contribution in [3.05, 3.63) is 0 Å². The van der Waals surface area contributed by atoms with Gasteiger partial charge in [0.15, 0.2) is 0 Å². The molecule has 12 nitrogen and oxygen atoms in total. The van der Waals surface area contributed by atoms with Gasteiger partial charge in [-0.1, -0.05) is 0 Å². The van der Waals surface area contributed by atoms with Gasteiger partial charge in [0.2, 0.25) is 0 Å². The van der Waals surface area contributed by atoms with Gasteiger partial charge in [-0.2, -0.15) is 0 Å². The molecule has 8 N–H and O–H groups in total. The Hall–Kier alpha value is -2.28. The minimum Gasteiger partial charge on any atom is -0.481 e. The van der Waals surface area contributed by atoms with Crippen LogP contribution in [0.5, 0.6) is 0 Å². The van der Waals surface area contributed by atoms with Crippen LogP contribution in [0.4, 0.5) is 0 Å². The smallest absolute Gasteiger partial charge is 0.300 e. The number of carboxylic acids is 4. The van der Waals surface area contributed by atoms with Crippen LogP contribution in [0.2, 0.25) is 0 Å². The maximum absolute atomic E-state index is 9.00. The van der Waals surface area contributed by atoms with Crippen LogP contribution in [0, 0.1) is 0 Å². The van der Waals surface area contributed by atoms with E-state index in [1.165, 1.54) is 6.42 Å². The molecule has 1 heterocycles. The van der Waals surface area contributed by atoms with Gasteiger partial charge in [-0.15, -0.1) is 0 Å². The molecule has 1 saturated heterocycles. The minimum absolute atomic E-state index is 0.833. The SMILES string of the molecule is C1CNCCNCCNCCNC1.CC(=O)O.CC(=O)O.CC(=O)O.CC(=O)O. The van der Waals surface area contributed by atoms with E-state index in [1.807, 2.05) is 0 Å². The number of hydrogen-bond acceptors (Lipinski definition) is 8. The van der Waals surface area contributed by atoms with Crippen molar-refractivity contribution < 1.29 is 39.6 Å². The van der Waals surface area contributed by atoms with E-state index in [-0.39, 0.29) is 0 Å². The Labute approximate surface area is 172 Å². The summed E-state index contributed by atoms with van der Waals surface area (Å²) in [4.78, 5) is 36.0. The fraction of sp³-hybridized carbons (Fsp3) is 0.765. The van der Waals surface area contributed by atoms with Gasteiger partial charge in [-0.05, 0) is 19.5 Å². The monoisotopic (exact) mass is 426 g/mol. The summed E-state index contributed by atoms with van der Waals surface area (Å²) < 4.78 is 0. The fourth-order valence-electron chi connectivity index (χ4n) is 1.37. The molecule has 0 unspecified atom stereocenters. The molecule has 0 saturated carbocycles. The number of aliphatic carboxylic acids is 4. The molecule has 1 aliphatic rings. The summed E-state index contributed by atoms with van der Waals surface area (Å²) in [5.41, 5.74) is 0. The van der Waals surface area contributed by atoms with Crippen molar-refractivity contribution in [2.75, 3.05) is 52.4 Å². The van der Waals surface area contributed by atoms with Crippen LogP contribution in [0.15, 0.2) is 0 Å². The van der Waals surface area contributed by atoms with Gasteiger partial charge in [0.1, 0.15) is 0 Å². The van der Waals surface area contributed by atoms with Crippen molar-refractivity contribution in [1.82, 2.24) is 21.3 Å². The highest BCUT2D eigenvalue weighted by molar-refractivity contribution is 5.63. The first-order chi connectivity index (χ1) is 13.4. The predicted octanol–water partition coefficient (Wildman–Crippen LogP) is -0.888. The summed E-state index contributed by atoms with van der Waals surface area (Å²) >= 11 is 0. The normalized spacial score (nSPS) is 14.2.